The lowest BCUT2D eigenvalue weighted by molar-refractivity contribution is 0.291. The van der Waals surface area contributed by atoms with Gasteiger partial charge >= 0.3 is 0 Å². The number of nitrogen functional groups attached to an aromatic ring is 1. The number of benzene rings is 2. The van der Waals surface area contributed by atoms with Crippen LogP contribution >= 0.6 is 11.6 Å². The number of hydrogen-bond acceptors (Lipinski definition) is 4. The van der Waals surface area contributed by atoms with Crippen LogP contribution in [-0.2, 0) is 6.54 Å². The fourth-order valence-corrected chi connectivity index (χ4v) is 2.25. The molecule has 5 nitrogen and oxygen atoms in total. The van der Waals surface area contributed by atoms with Crippen LogP contribution in [0, 0.1) is 0 Å². The highest BCUT2D eigenvalue weighted by molar-refractivity contribution is 6.30. The molecule has 0 unspecified atom stereocenters. The third kappa shape index (κ3) is 3.38. The molecule has 0 fully saturated rings. The number of aromatic nitrogens is 3. The molecule has 112 valence electrons. The van der Waals surface area contributed by atoms with Crippen molar-refractivity contribution in [2.75, 3.05) is 12.3 Å². The highest BCUT2D eigenvalue weighted by Crippen LogP contribution is 2.20. The van der Waals surface area contributed by atoms with Crippen molar-refractivity contribution in [3.05, 3.63) is 59.8 Å². The fraction of sp³-hybridized carbons (Fsp3) is 0.125. The fourth-order valence-electron chi connectivity index (χ4n) is 2.12. The summed E-state index contributed by atoms with van der Waals surface area (Å²) in [5.74, 6) is 0.744. The molecular formula is C16H15ClN4O. The zero-order chi connectivity index (χ0) is 15.4. The average Bonchev–Trinajstić information content (AvgIpc) is 2.97. The molecule has 0 aliphatic rings. The predicted octanol–water partition coefficient (Wildman–Crippen LogP) is 3.26. The van der Waals surface area contributed by atoms with Gasteiger partial charge in [-0.2, -0.15) is 0 Å². The number of halogens is 1. The van der Waals surface area contributed by atoms with Gasteiger partial charge in [-0.05, 0) is 24.3 Å². The summed E-state index contributed by atoms with van der Waals surface area (Å²) in [5, 5.41) is 8.76. The molecule has 1 heterocycles. The van der Waals surface area contributed by atoms with Gasteiger partial charge in [0, 0.05) is 22.3 Å². The number of anilines is 1. The second-order valence-corrected chi connectivity index (χ2v) is 5.21. The third-order valence-electron chi connectivity index (χ3n) is 3.19. The molecule has 0 bridgehead atoms. The Morgan fingerprint density at radius 2 is 1.95 bits per heavy atom. The summed E-state index contributed by atoms with van der Waals surface area (Å²) in [7, 11) is 0. The molecular weight excluding hydrogens is 300 g/mol. The molecule has 0 atom stereocenters. The molecule has 2 aromatic carbocycles. The first-order valence-corrected chi connectivity index (χ1v) is 7.23. The van der Waals surface area contributed by atoms with Crippen LogP contribution < -0.4 is 10.5 Å². The number of nitrogens with zero attached hydrogens (tertiary/aromatic N) is 3. The van der Waals surface area contributed by atoms with E-state index in [1.54, 1.807) is 16.9 Å². The highest BCUT2D eigenvalue weighted by Gasteiger charge is 2.07. The van der Waals surface area contributed by atoms with Crippen molar-refractivity contribution in [3.8, 4) is 17.0 Å². The van der Waals surface area contributed by atoms with E-state index in [4.69, 9.17) is 22.1 Å². The molecule has 22 heavy (non-hydrogen) atoms. The van der Waals surface area contributed by atoms with E-state index in [9.17, 15) is 0 Å². The van der Waals surface area contributed by atoms with Gasteiger partial charge in [-0.3, -0.25) is 0 Å². The molecule has 0 radical (unpaired) electrons. The second kappa shape index (κ2) is 6.49. The maximum absolute atomic E-state index is 5.91. The van der Waals surface area contributed by atoms with Gasteiger partial charge < -0.3 is 10.5 Å². The Bertz CT molecular complexity index is 755. The molecule has 3 rings (SSSR count). The number of ether oxygens (including phenoxy) is 1. The Labute approximate surface area is 133 Å². The summed E-state index contributed by atoms with van der Waals surface area (Å²) in [6.07, 6.45) is 1.73. The van der Waals surface area contributed by atoms with Crippen LogP contribution in [0.2, 0.25) is 5.02 Å². The molecule has 0 aliphatic carbocycles. The SMILES string of the molecule is Nc1cccc(OCCn2nncc2-c2ccc(Cl)cc2)c1. The van der Waals surface area contributed by atoms with Gasteiger partial charge in [0.1, 0.15) is 12.4 Å². The van der Waals surface area contributed by atoms with E-state index in [1.165, 1.54) is 0 Å². The maximum atomic E-state index is 5.91. The van der Waals surface area contributed by atoms with Gasteiger partial charge in [0.15, 0.2) is 0 Å². The topological polar surface area (TPSA) is 66.0 Å². The van der Waals surface area contributed by atoms with Crippen LogP contribution in [0.1, 0.15) is 0 Å². The summed E-state index contributed by atoms with van der Waals surface area (Å²) in [5.41, 5.74) is 8.34. The van der Waals surface area contributed by atoms with Crippen LogP contribution in [0.3, 0.4) is 0 Å². The zero-order valence-electron chi connectivity index (χ0n) is 11.8. The van der Waals surface area contributed by atoms with Gasteiger partial charge in [-0.25, -0.2) is 4.68 Å². The van der Waals surface area contributed by atoms with E-state index in [-0.39, 0.29) is 0 Å². The van der Waals surface area contributed by atoms with E-state index in [2.05, 4.69) is 10.3 Å². The van der Waals surface area contributed by atoms with Gasteiger partial charge in [-0.1, -0.05) is 35.0 Å². The first-order chi connectivity index (χ1) is 10.7. The lowest BCUT2D eigenvalue weighted by atomic mass is 10.2. The van der Waals surface area contributed by atoms with Crippen LogP contribution in [0.5, 0.6) is 5.75 Å². The Hall–Kier alpha value is -2.53. The minimum absolute atomic E-state index is 0.480. The second-order valence-electron chi connectivity index (χ2n) is 4.77. The standard InChI is InChI=1S/C16H15ClN4O/c17-13-6-4-12(5-7-13)16-11-19-20-21(16)8-9-22-15-3-1-2-14(18)10-15/h1-7,10-11H,8-9,18H2. The number of hydrogen-bond donors (Lipinski definition) is 1. The van der Waals surface area contributed by atoms with Crippen LogP contribution in [0.4, 0.5) is 5.69 Å². The number of rotatable bonds is 5. The van der Waals surface area contributed by atoms with Crippen molar-refractivity contribution >= 4 is 17.3 Å². The van der Waals surface area contributed by atoms with Crippen molar-refractivity contribution in [2.24, 2.45) is 0 Å². The summed E-state index contributed by atoms with van der Waals surface area (Å²) in [4.78, 5) is 0. The molecule has 3 aromatic rings. The van der Waals surface area contributed by atoms with Crippen molar-refractivity contribution in [3.63, 3.8) is 0 Å². The molecule has 0 saturated heterocycles. The molecule has 0 spiro atoms. The molecule has 1 aromatic heterocycles. The zero-order valence-corrected chi connectivity index (χ0v) is 12.6. The first-order valence-electron chi connectivity index (χ1n) is 6.85. The summed E-state index contributed by atoms with van der Waals surface area (Å²) in [6.45, 7) is 1.07. The average molecular weight is 315 g/mol. The molecule has 0 saturated carbocycles. The van der Waals surface area contributed by atoms with Gasteiger partial charge in [-0.15, -0.1) is 5.10 Å². The van der Waals surface area contributed by atoms with Crippen molar-refractivity contribution in [2.45, 2.75) is 6.54 Å². The van der Waals surface area contributed by atoms with Crippen LogP contribution in [0.15, 0.2) is 54.7 Å². The smallest absolute Gasteiger partial charge is 0.121 e. The Morgan fingerprint density at radius 3 is 2.73 bits per heavy atom. The third-order valence-corrected chi connectivity index (χ3v) is 3.44. The Morgan fingerprint density at radius 1 is 1.14 bits per heavy atom. The molecule has 0 aliphatic heterocycles. The van der Waals surface area contributed by atoms with E-state index >= 15 is 0 Å². The molecule has 6 heteroatoms. The van der Waals surface area contributed by atoms with E-state index in [1.807, 2.05) is 42.5 Å². The van der Waals surface area contributed by atoms with Gasteiger partial charge in [0.25, 0.3) is 0 Å². The van der Waals surface area contributed by atoms with Crippen molar-refractivity contribution in [1.29, 1.82) is 0 Å². The minimum Gasteiger partial charge on any atom is -0.492 e. The molecule has 2 N–H and O–H groups in total. The summed E-state index contributed by atoms with van der Waals surface area (Å²) < 4.78 is 7.48. The van der Waals surface area contributed by atoms with E-state index in [0.717, 1.165) is 17.0 Å². The Kier molecular flexibility index (Phi) is 4.25. The molecule has 0 amide bonds. The quantitative estimate of drug-likeness (QED) is 0.734. The van der Waals surface area contributed by atoms with Gasteiger partial charge in [0.05, 0.1) is 18.4 Å². The Balaban J connectivity index is 1.66. The lowest BCUT2D eigenvalue weighted by Gasteiger charge is -2.09. The summed E-state index contributed by atoms with van der Waals surface area (Å²) >= 11 is 5.91. The monoisotopic (exact) mass is 314 g/mol. The largest absolute Gasteiger partial charge is 0.492 e. The first kappa shape index (κ1) is 14.4. The highest BCUT2D eigenvalue weighted by atomic mass is 35.5. The lowest BCUT2D eigenvalue weighted by Crippen LogP contribution is -2.11. The van der Waals surface area contributed by atoms with E-state index < -0.39 is 0 Å². The van der Waals surface area contributed by atoms with Crippen LogP contribution in [0.25, 0.3) is 11.3 Å². The normalized spacial score (nSPS) is 10.6. The maximum Gasteiger partial charge on any atom is 0.121 e. The predicted molar refractivity (Wildman–Crippen MR) is 86.8 cm³/mol. The number of nitrogens with two attached hydrogens (primary N) is 1. The van der Waals surface area contributed by atoms with Gasteiger partial charge in [0.2, 0.25) is 0 Å². The van der Waals surface area contributed by atoms with Crippen molar-refractivity contribution in [1.82, 2.24) is 15.0 Å². The van der Waals surface area contributed by atoms with Crippen molar-refractivity contribution < 1.29 is 4.74 Å². The summed E-state index contributed by atoms with van der Waals surface area (Å²) in [6, 6.07) is 14.9. The van der Waals surface area contributed by atoms with Crippen LogP contribution in [-0.4, -0.2) is 21.6 Å². The minimum atomic E-state index is 0.480. The van der Waals surface area contributed by atoms with E-state index in [0.29, 0.717) is 23.9 Å².